The lowest BCUT2D eigenvalue weighted by Crippen LogP contribution is -2.27. The molecule has 0 heterocycles. The van der Waals surface area contributed by atoms with Gasteiger partial charge in [0.15, 0.2) is 0 Å². The molecule has 1 amide bonds. The first-order chi connectivity index (χ1) is 7.24. The van der Waals surface area contributed by atoms with Crippen molar-refractivity contribution < 1.29 is 9.63 Å². The van der Waals surface area contributed by atoms with Crippen LogP contribution < -0.4 is 5.48 Å². The zero-order valence-electron chi connectivity index (χ0n) is 8.77. The predicted molar refractivity (Wildman–Crippen MR) is 59.3 cm³/mol. The minimum absolute atomic E-state index is 0.0600. The second kappa shape index (κ2) is 5.98. The first-order valence-corrected chi connectivity index (χ1v) is 4.86. The highest BCUT2D eigenvalue weighted by Gasteiger charge is 2.06. The van der Waals surface area contributed by atoms with Gasteiger partial charge in [0, 0.05) is 5.56 Å². The molecular formula is C12H15NO2. The SMILES string of the molecule is C=CCC(C)ONC(=O)c1ccccc1. The molecule has 1 rings (SSSR count). The molecule has 1 unspecified atom stereocenters. The molecule has 1 N–H and O–H groups in total. The van der Waals surface area contributed by atoms with Crippen molar-refractivity contribution >= 4 is 5.91 Å². The molecule has 0 aliphatic rings. The summed E-state index contributed by atoms with van der Waals surface area (Å²) in [6.45, 7) is 5.46. The second-order valence-corrected chi connectivity index (χ2v) is 3.25. The maximum Gasteiger partial charge on any atom is 0.274 e. The fraction of sp³-hybridized carbons (Fsp3) is 0.250. The number of nitrogens with one attached hydrogen (secondary N) is 1. The van der Waals surface area contributed by atoms with Gasteiger partial charge in [-0.05, 0) is 25.5 Å². The van der Waals surface area contributed by atoms with Crippen molar-refractivity contribution in [2.24, 2.45) is 0 Å². The van der Waals surface area contributed by atoms with Crippen LogP contribution in [0.4, 0.5) is 0 Å². The summed E-state index contributed by atoms with van der Waals surface area (Å²) in [7, 11) is 0. The lowest BCUT2D eigenvalue weighted by molar-refractivity contribution is -0.00623. The monoisotopic (exact) mass is 205 g/mol. The molecule has 0 aromatic heterocycles. The standard InChI is InChI=1S/C12H15NO2/c1-3-7-10(2)15-13-12(14)11-8-5-4-6-9-11/h3-6,8-10H,1,7H2,2H3,(H,13,14). The molecule has 3 heteroatoms. The Kier molecular flexibility index (Phi) is 4.57. The van der Waals surface area contributed by atoms with Gasteiger partial charge in [0.05, 0.1) is 6.10 Å². The highest BCUT2D eigenvalue weighted by molar-refractivity contribution is 5.93. The molecule has 3 nitrogen and oxygen atoms in total. The van der Waals surface area contributed by atoms with Gasteiger partial charge in [-0.25, -0.2) is 5.48 Å². The Labute approximate surface area is 89.7 Å². The topological polar surface area (TPSA) is 38.3 Å². The van der Waals surface area contributed by atoms with Gasteiger partial charge in [0.25, 0.3) is 5.91 Å². The van der Waals surface area contributed by atoms with E-state index in [0.717, 1.165) is 0 Å². The summed E-state index contributed by atoms with van der Waals surface area (Å²) in [5.41, 5.74) is 2.98. The summed E-state index contributed by atoms with van der Waals surface area (Å²) >= 11 is 0. The van der Waals surface area contributed by atoms with Gasteiger partial charge in [-0.1, -0.05) is 24.3 Å². The van der Waals surface area contributed by atoms with Crippen molar-refractivity contribution in [3.63, 3.8) is 0 Å². The van der Waals surface area contributed by atoms with Gasteiger partial charge in [-0.3, -0.25) is 9.63 Å². The Morgan fingerprint density at radius 1 is 1.53 bits per heavy atom. The van der Waals surface area contributed by atoms with Crippen LogP contribution in [0.1, 0.15) is 23.7 Å². The molecule has 0 fully saturated rings. The molecular weight excluding hydrogens is 190 g/mol. The fourth-order valence-corrected chi connectivity index (χ4v) is 1.09. The number of hydroxylamine groups is 1. The summed E-state index contributed by atoms with van der Waals surface area (Å²) in [5, 5.41) is 0. The molecule has 0 radical (unpaired) electrons. The molecule has 0 aliphatic heterocycles. The van der Waals surface area contributed by atoms with E-state index in [1.807, 2.05) is 25.1 Å². The molecule has 1 aromatic carbocycles. The molecule has 80 valence electrons. The Morgan fingerprint density at radius 3 is 2.80 bits per heavy atom. The van der Waals surface area contributed by atoms with Crippen LogP contribution in [-0.2, 0) is 4.84 Å². The van der Waals surface area contributed by atoms with Crippen LogP contribution in [0.15, 0.2) is 43.0 Å². The smallest absolute Gasteiger partial charge is 0.270 e. The summed E-state index contributed by atoms with van der Waals surface area (Å²) in [5.74, 6) is -0.230. The molecule has 0 spiro atoms. The average molecular weight is 205 g/mol. The van der Waals surface area contributed by atoms with Gasteiger partial charge in [-0.2, -0.15) is 0 Å². The Hall–Kier alpha value is -1.61. The maximum absolute atomic E-state index is 11.5. The van der Waals surface area contributed by atoms with Crippen LogP contribution in [-0.4, -0.2) is 12.0 Å². The summed E-state index contributed by atoms with van der Waals surface area (Å²) in [6, 6.07) is 8.94. The number of carbonyl (C=O) groups is 1. The normalized spacial score (nSPS) is 11.8. The van der Waals surface area contributed by atoms with Gasteiger partial charge in [-0.15, -0.1) is 6.58 Å². The number of benzene rings is 1. The van der Waals surface area contributed by atoms with Gasteiger partial charge in [0.2, 0.25) is 0 Å². The predicted octanol–water partition coefficient (Wildman–Crippen LogP) is 2.31. The van der Waals surface area contributed by atoms with E-state index in [1.165, 1.54) is 0 Å². The van der Waals surface area contributed by atoms with Crippen LogP contribution in [0.2, 0.25) is 0 Å². The van der Waals surface area contributed by atoms with E-state index in [1.54, 1.807) is 18.2 Å². The third kappa shape index (κ3) is 3.95. The van der Waals surface area contributed by atoms with E-state index in [9.17, 15) is 4.79 Å². The third-order valence-electron chi connectivity index (χ3n) is 1.89. The van der Waals surface area contributed by atoms with Gasteiger partial charge >= 0.3 is 0 Å². The molecule has 1 atom stereocenters. The van der Waals surface area contributed by atoms with Crippen molar-refractivity contribution in [1.82, 2.24) is 5.48 Å². The highest BCUT2D eigenvalue weighted by atomic mass is 16.7. The zero-order valence-corrected chi connectivity index (χ0v) is 8.77. The maximum atomic E-state index is 11.5. The van der Waals surface area contributed by atoms with Crippen molar-refractivity contribution in [2.45, 2.75) is 19.4 Å². The molecule has 1 aromatic rings. The van der Waals surface area contributed by atoms with E-state index in [0.29, 0.717) is 12.0 Å². The zero-order chi connectivity index (χ0) is 11.1. The minimum Gasteiger partial charge on any atom is -0.270 e. The van der Waals surface area contributed by atoms with Gasteiger partial charge in [0.1, 0.15) is 0 Å². The summed E-state index contributed by atoms with van der Waals surface area (Å²) in [4.78, 5) is 16.6. The molecule has 0 saturated heterocycles. The molecule has 15 heavy (non-hydrogen) atoms. The summed E-state index contributed by atoms with van der Waals surface area (Å²) < 4.78 is 0. The second-order valence-electron chi connectivity index (χ2n) is 3.25. The number of rotatable bonds is 5. The lowest BCUT2D eigenvalue weighted by atomic mass is 10.2. The van der Waals surface area contributed by atoms with Crippen molar-refractivity contribution in [1.29, 1.82) is 0 Å². The summed E-state index contributed by atoms with van der Waals surface area (Å²) in [6.07, 6.45) is 2.39. The van der Waals surface area contributed by atoms with E-state index in [2.05, 4.69) is 12.1 Å². The number of amides is 1. The van der Waals surface area contributed by atoms with Crippen LogP contribution >= 0.6 is 0 Å². The van der Waals surface area contributed by atoms with Crippen LogP contribution in [0.5, 0.6) is 0 Å². The van der Waals surface area contributed by atoms with Crippen LogP contribution in [0.3, 0.4) is 0 Å². The number of hydrogen-bond acceptors (Lipinski definition) is 2. The molecule has 0 bridgehead atoms. The van der Waals surface area contributed by atoms with Crippen molar-refractivity contribution in [2.75, 3.05) is 0 Å². The van der Waals surface area contributed by atoms with Crippen molar-refractivity contribution in [3.05, 3.63) is 48.6 Å². The Morgan fingerprint density at radius 2 is 2.20 bits per heavy atom. The average Bonchev–Trinajstić information content (AvgIpc) is 2.27. The third-order valence-corrected chi connectivity index (χ3v) is 1.89. The van der Waals surface area contributed by atoms with Crippen LogP contribution in [0, 0.1) is 0 Å². The largest absolute Gasteiger partial charge is 0.274 e. The van der Waals surface area contributed by atoms with E-state index < -0.39 is 0 Å². The number of carbonyl (C=O) groups excluding carboxylic acids is 1. The Balaban J connectivity index is 2.40. The molecule has 0 aliphatic carbocycles. The van der Waals surface area contributed by atoms with Crippen molar-refractivity contribution in [3.8, 4) is 0 Å². The quantitative estimate of drug-likeness (QED) is 0.591. The van der Waals surface area contributed by atoms with E-state index >= 15 is 0 Å². The van der Waals surface area contributed by atoms with Crippen LogP contribution in [0.25, 0.3) is 0 Å². The Bertz CT molecular complexity index is 322. The van der Waals surface area contributed by atoms with E-state index in [4.69, 9.17) is 4.84 Å². The minimum atomic E-state index is -0.230. The first kappa shape index (κ1) is 11.5. The fourth-order valence-electron chi connectivity index (χ4n) is 1.09. The first-order valence-electron chi connectivity index (χ1n) is 4.86. The van der Waals surface area contributed by atoms with Gasteiger partial charge < -0.3 is 0 Å². The lowest BCUT2D eigenvalue weighted by Gasteiger charge is -2.10. The number of hydrogen-bond donors (Lipinski definition) is 1. The highest BCUT2D eigenvalue weighted by Crippen LogP contribution is 2.00. The molecule has 0 saturated carbocycles. The van der Waals surface area contributed by atoms with E-state index in [-0.39, 0.29) is 12.0 Å².